The molecule has 98 valence electrons. The normalized spacial score (nSPS) is 19.3. The molecule has 1 atom stereocenters. The van der Waals surface area contributed by atoms with Crippen LogP contribution >= 0.6 is 0 Å². The number of rotatable bonds is 4. The smallest absolute Gasteiger partial charge is 0.337 e. The van der Waals surface area contributed by atoms with Gasteiger partial charge in [0.2, 0.25) is 0 Å². The topological polar surface area (TPSA) is 47.6 Å². The van der Waals surface area contributed by atoms with E-state index in [1.165, 1.54) is 20.0 Å². The third-order valence-electron chi connectivity index (χ3n) is 3.16. The van der Waals surface area contributed by atoms with E-state index in [-0.39, 0.29) is 5.97 Å². The summed E-state index contributed by atoms with van der Waals surface area (Å²) < 4.78 is 10.4. The lowest BCUT2D eigenvalue weighted by atomic mass is 10.0. The first-order valence-electron chi connectivity index (χ1n) is 6.31. The second-order valence-electron chi connectivity index (χ2n) is 4.54. The minimum Gasteiger partial charge on any atom is -0.493 e. The Labute approximate surface area is 107 Å². The Kier molecular flexibility index (Phi) is 4.59. The quantitative estimate of drug-likeness (QED) is 0.827. The predicted octanol–water partition coefficient (Wildman–Crippen LogP) is 1.85. The Hall–Kier alpha value is -1.55. The fourth-order valence-electron chi connectivity index (χ4n) is 2.09. The molecule has 0 saturated carbocycles. The molecule has 1 aromatic carbocycles. The maximum absolute atomic E-state index is 11.3. The molecular formula is C14H19NO3. The first-order chi connectivity index (χ1) is 8.79. The van der Waals surface area contributed by atoms with Crippen molar-refractivity contribution in [3.8, 4) is 5.75 Å². The number of hydrogen-bond acceptors (Lipinski definition) is 4. The van der Waals surface area contributed by atoms with Gasteiger partial charge in [-0.05, 0) is 43.7 Å². The molecule has 0 aromatic heterocycles. The molecule has 4 nitrogen and oxygen atoms in total. The summed E-state index contributed by atoms with van der Waals surface area (Å²) in [6.45, 7) is 2.87. The zero-order valence-corrected chi connectivity index (χ0v) is 10.6. The van der Waals surface area contributed by atoms with E-state index in [1.54, 1.807) is 12.1 Å². The fourth-order valence-corrected chi connectivity index (χ4v) is 2.09. The van der Waals surface area contributed by atoms with Gasteiger partial charge < -0.3 is 14.8 Å². The van der Waals surface area contributed by atoms with Gasteiger partial charge in [-0.3, -0.25) is 0 Å². The van der Waals surface area contributed by atoms with Crippen LogP contribution in [0.4, 0.5) is 0 Å². The molecular weight excluding hydrogens is 230 g/mol. The van der Waals surface area contributed by atoms with Crippen molar-refractivity contribution in [3.05, 3.63) is 29.8 Å². The van der Waals surface area contributed by atoms with Crippen molar-refractivity contribution < 1.29 is 14.3 Å². The molecule has 0 amide bonds. The molecule has 18 heavy (non-hydrogen) atoms. The molecule has 1 fully saturated rings. The number of piperidine rings is 1. The van der Waals surface area contributed by atoms with Crippen molar-refractivity contribution in [2.75, 3.05) is 26.8 Å². The highest BCUT2D eigenvalue weighted by molar-refractivity contribution is 5.89. The maximum Gasteiger partial charge on any atom is 0.337 e. The molecule has 0 radical (unpaired) electrons. The summed E-state index contributed by atoms with van der Waals surface area (Å²) in [5, 5.41) is 3.36. The fraction of sp³-hybridized carbons (Fsp3) is 0.500. The number of nitrogens with one attached hydrogen (secondary N) is 1. The number of methoxy groups -OCH3 is 1. The summed E-state index contributed by atoms with van der Waals surface area (Å²) in [4.78, 5) is 11.3. The second-order valence-corrected chi connectivity index (χ2v) is 4.54. The lowest BCUT2D eigenvalue weighted by molar-refractivity contribution is 0.0600. The molecule has 1 heterocycles. The summed E-state index contributed by atoms with van der Waals surface area (Å²) in [6, 6.07) is 7.06. The Bertz CT molecular complexity index is 383. The molecule has 1 aliphatic heterocycles. The number of carbonyl (C=O) groups excluding carboxylic acids is 1. The van der Waals surface area contributed by atoms with Crippen molar-refractivity contribution in [3.63, 3.8) is 0 Å². The molecule has 2 rings (SSSR count). The van der Waals surface area contributed by atoms with Crippen LogP contribution in [0.25, 0.3) is 0 Å². The Morgan fingerprint density at radius 1 is 1.39 bits per heavy atom. The number of esters is 1. The minimum atomic E-state index is -0.321. The van der Waals surface area contributed by atoms with Crippen LogP contribution < -0.4 is 10.1 Å². The molecule has 1 N–H and O–H groups in total. The van der Waals surface area contributed by atoms with Gasteiger partial charge in [0.25, 0.3) is 0 Å². The van der Waals surface area contributed by atoms with Gasteiger partial charge in [-0.1, -0.05) is 0 Å². The van der Waals surface area contributed by atoms with Crippen LogP contribution in [0.5, 0.6) is 5.75 Å². The van der Waals surface area contributed by atoms with Gasteiger partial charge in [-0.15, -0.1) is 0 Å². The Morgan fingerprint density at radius 3 is 2.78 bits per heavy atom. The van der Waals surface area contributed by atoms with Gasteiger partial charge in [0, 0.05) is 12.5 Å². The highest BCUT2D eigenvalue weighted by atomic mass is 16.5. The van der Waals surface area contributed by atoms with E-state index < -0.39 is 0 Å². The zero-order valence-electron chi connectivity index (χ0n) is 10.6. The number of carbonyl (C=O) groups is 1. The van der Waals surface area contributed by atoms with E-state index in [0.717, 1.165) is 25.4 Å². The van der Waals surface area contributed by atoms with Crippen LogP contribution in [-0.2, 0) is 4.74 Å². The van der Waals surface area contributed by atoms with Crippen LogP contribution in [0.3, 0.4) is 0 Å². The van der Waals surface area contributed by atoms with Crippen molar-refractivity contribution >= 4 is 5.97 Å². The van der Waals surface area contributed by atoms with Gasteiger partial charge in [0.1, 0.15) is 5.75 Å². The second kappa shape index (κ2) is 6.40. The standard InChI is InChI=1S/C14H19NO3/c1-17-14(16)12-4-6-13(7-5-12)18-10-11-3-2-8-15-9-11/h4-7,11,15H,2-3,8-10H2,1H3/t11-/m0/s1. The molecule has 0 bridgehead atoms. The van der Waals surface area contributed by atoms with Gasteiger partial charge in [-0.2, -0.15) is 0 Å². The van der Waals surface area contributed by atoms with E-state index in [1.807, 2.05) is 12.1 Å². The summed E-state index contributed by atoms with van der Waals surface area (Å²) in [7, 11) is 1.38. The first kappa shape index (κ1) is 12.9. The van der Waals surface area contributed by atoms with Gasteiger partial charge >= 0.3 is 5.97 Å². The van der Waals surface area contributed by atoms with E-state index in [9.17, 15) is 4.79 Å². The van der Waals surface area contributed by atoms with Gasteiger partial charge in [-0.25, -0.2) is 4.79 Å². The zero-order chi connectivity index (χ0) is 12.8. The van der Waals surface area contributed by atoms with Crippen LogP contribution in [0.2, 0.25) is 0 Å². The summed E-state index contributed by atoms with van der Waals surface area (Å²) in [5.74, 6) is 1.06. The first-order valence-corrected chi connectivity index (χ1v) is 6.31. The van der Waals surface area contributed by atoms with E-state index >= 15 is 0 Å². The number of benzene rings is 1. The van der Waals surface area contributed by atoms with Crippen LogP contribution in [0.15, 0.2) is 24.3 Å². The summed E-state index contributed by atoms with van der Waals surface area (Å²) >= 11 is 0. The highest BCUT2D eigenvalue weighted by Gasteiger charge is 2.13. The number of ether oxygens (including phenoxy) is 2. The molecule has 1 saturated heterocycles. The molecule has 0 aliphatic carbocycles. The van der Waals surface area contributed by atoms with Crippen LogP contribution in [-0.4, -0.2) is 32.8 Å². The van der Waals surface area contributed by atoms with Crippen molar-refractivity contribution in [1.29, 1.82) is 0 Å². The summed E-state index contributed by atoms with van der Waals surface area (Å²) in [6.07, 6.45) is 2.43. The molecule has 1 aliphatic rings. The van der Waals surface area contributed by atoms with Gasteiger partial charge in [0.05, 0.1) is 19.3 Å². The average molecular weight is 249 g/mol. The minimum absolute atomic E-state index is 0.321. The van der Waals surface area contributed by atoms with E-state index in [0.29, 0.717) is 11.5 Å². The lowest BCUT2D eigenvalue weighted by Crippen LogP contribution is -2.33. The van der Waals surface area contributed by atoms with Crippen molar-refractivity contribution in [1.82, 2.24) is 5.32 Å². The van der Waals surface area contributed by atoms with E-state index in [4.69, 9.17) is 4.74 Å². The molecule has 0 unspecified atom stereocenters. The third-order valence-corrected chi connectivity index (χ3v) is 3.16. The van der Waals surface area contributed by atoms with Crippen LogP contribution in [0.1, 0.15) is 23.2 Å². The molecule has 4 heteroatoms. The Morgan fingerprint density at radius 2 is 2.17 bits per heavy atom. The highest BCUT2D eigenvalue weighted by Crippen LogP contribution is 2.16. The maximum atomic E-state index is 11.3. The predicted molar refractivity (Wildman–Crippen MR) is 68.9 cm³/mol. The number of hydrogen-bond donors (Lipinski definition) is 1. The van der Waals surface area contributed by atoms with Gasteiger partial charge in [0.15, 0.2) is 0 Å². The van der Waals surface area contributed by atoms with Crippen molar-refractivity contribution in [2.24, 2.45) is 5.92 Å². The SMILES string of the molecule is COC(=O)c1ccc(OC[C@H]2CCCNC2)cc1. The summed E-state index contributed by atoms with van der Waals surface area (Å²) in [5.41, 5.74) is 0.546. The Balaban J connectivity index is 1.84. The van der Waals surface area contributed by atoms with Crippen molar-refractivity contribution in [2.45, 2.75) is 12.8 Å². The average Bonchev–Trinajstić information content (AvgIpc) is 2.46. The monoisotopic (exact) mass is 249 g/mol. The largest absolute Gasteiger partial charge is 0.493 e. The van der Waals surface area contributed by atoms with Crippen LogP contribution in [0, 0.1) is 5.92 Å². The third kappa shape index (κ3) is 3.47. The molecule has 1 aromatic rings. The lowest BCUT2D eigenvalue weighted by Gasteiger charge is -2.22. The molecule has 0 spiro atoms. The van der Waals surface area contributed by atoms with E-state index in [2.05, 4.69) is 10.1 Å².